The van der Waals surface area contributed by atoms with E-state index in [1.807, 2.05) is 10.4 Å². The van der Waals surface area contributed by atoms with Crippen LogP contribution in [0.1, 0.15) is 0 Å². The minimum atomic E-state index is 0.823. The number of hydrogen-bond acceptors (Lipinski definition) is 5. The van der Waals surface area contributed by atoms with Crippen LogP contribution in [0.2, 0.25) is 0 Å². The molecule has 0 N–H and O–H groups in total. The lowest BCUT2D eigenvalue weighted by Gasteiger charge is -2.31. The van der Waals surface area contributed by atoms with Crippen LogP contribution in [0.4, 0.5) is 5.95 Å². The molecule has 1 saturated heterocycles. The van der Waals surface area contributed by atoms with Crippen LogP contribution in [0.5, 0.6) is 0 Å². The highest BCUT2D eigenvalue weighted by molar-refractivity contribution is 7.77. The third kappa shape index (κ3) is 2.10. The Morgan fingerprint density at radius 1 is 1.08 bits per heavy atom. The van der Waals surface area contributed by atoms with Gasteiger partial charge in [0.15, 0.2) is 0 Å². The number of hydrogen-bond donors (Lipinski definition) is 1. The van der Waals surface area contributed by atoms with Crippen LogP contribution in [0.25, 0.3) is 0 Å². The average Bonchev–Trinajstić information content (AvgIpc) is 2.20. The molecule has 1 aliphatic heterocycles. The van der Waals surface area contributed by atoms with Gasteiger partial charge in [0.1, 0.15) is 0 Å². The van der Waals surface area contributed by atoms with Gasteiger partial charge in [0.25, 0.3) is 0 Å². The second kappa shape index (κ2) is 3.93. The van der Waals surface area contributed by atoms with Gasteiger partial charge in [0, 0.05) is 38.6 Å². The van der Waals surface area contributed by atoms with E-state index in [1.165, 1.54) is 0 Å². The SMILES string of the molecule is SN1CCN(c2ncccn2)CC1. The summed E-state index contributed by atoms with van der Waals surface area (Å²) in [6.07, 6.45) is 3.55. The molecule has 0 aromatic carbocycles. The van der Waals surface area contributed by atoms with E-state index >= 15 is 0 Å². The van der Waals surface area contributed by atoms with Gasteiger partial charge in [0.2, 0.25) is 5.95 Å². The van der Waals surface area contributed by atoms with Crippen molar-refractivity contribution < 1.29 is 0 Å². The molecule has 0 spiro atoms. The zero-order valence-electron chi connectivity index (χ0n) is 7.30. The second-order valence-corrected chi connectivity index (χ2v) is 3.56. The fourth-order valence-electron chi connectivity index (χ4n) is 1.35. The Bertz CT molecular complexity index is 258. The van der Waals surface area contributed by atoms with Crippen LogP contribution in [0.3, 0.4) is 0 Å². The van der Waals surface area contributed by atoms with E-state index in [9.17, 15) is 0 Å². The topological polar surface area (TPSA) is 32.3 Å². The van der Waals surface area contributed by atoms with Gasteiger partial charge >= 0.3 is 0 Å². The van der Waals surface area contributed by atoms with Gasteiger partial charge in [-0.3, -0.25) is 0 Å². The highest BCUT2D eigenvalue weighted by Gasteiger charge is 2.15. The molecule has 1 aliphatic rings. The van der Waals surface area contributed by atoms with E-state index in [0.29, 0.717) is 0 Å². The van der Waals surface area contributed by atoms with Crippen molar-refractivity contribution >= 4 is 18.8 Å². The highest BCUT2D eigenvalue weighted by Crippen LogP contribution is 2.09. The summed E-state index contributed by atoms with van der Waals surface area (Å²) in [6.45, 7) is 3.82. The third-order valence-corrected chi connectivity index (χ3v) is 2.49. The molecule has 13 heavy (non-hydrogen) atoms. The van der Waals surface area contributed by atoms with Crippen LogP contribution in [-0.4, -0.2) is 40.5 Å². The first-order valence-electron chi connectivity index (χ1n) is 4.32. The first-order valence-corrected chi connectivity index (χ1v) is 4.72. The molecule has 4 nitrogen and oxygen atoms in total. The molecule has 1 aromatic rings. The van der Waals surface area contributed by atoms with Crippen molar-refractivity contribution in [2.75, 3.05) is 31.1 Å². The summed E-state index contributed by atoms with van der Waals surface area (Å²) in [6, 6.07) is 1.83. The van der Waals surface area contributed by atoms with E-state index in [2.05, 4.69) is 27.7 Å². The van der Waals surface area contributed by atoms with Crippen molar-refractivity contribution in [2.45, 2.75) is 0 Å². The van der Waals surface area contributed by atoms with Gasteiger partial charge in [-0.1, -0.05) is 12.8 Å². The van der Waals surface area contributed by atoms with Crippen LogP contribution in [0.15, 0.2) is 18.5 Å². The second-order valence-electron chi connectivity index (χ2n) is 2.99. The number of piperazine rings is 1. The summed E-state index contributed by atoms with van der Waals surface area (Å²) in [7, 11) is 0. The Morgan fingerprint density at radius 3 is 2.31 bits per heavy atom. The number of nitrogens with zero attached hydrogens (tertiary/aromatic N) is 4. The average molecular weight is 196 g/mol. The van der Waals surface area contributed by atoms with E-state index in [0.717, 1.165) is 32.1 Å². The van der Waals surface area contributed by atoms with E-state index < -0.39 is 0 Å². The number of aromatic nitrogens is 2. The molecular formula is C8H12N4S. The largest absolute Gasteiger partial charge is 0.338 e. The summed E-state index contributed by atoms with van der Waals surface area (Å²) in [5.74, 6) is 0.823. The van der Waals surface area contributed by atoms with E-state index in [1.54, 1.807) is 12.4 Å². The van der Waals surface area contributed by atoms with Gasteiger partial charge in [0.05, 0.1) is 0 Å². The van der Waals surface area contributed by atoms with Crippen molar-refractivity contribution in [3.8, 4) is 0 Å². The van der Waals surface area contributed by atoms with Gasteiger partial charge in [-0.15, -0.1) is 0 Å². The van der Waals surface area contributed by atoms with E-state index in [4.69, 9.17) is 0 Å². The molecule has 1 fully saturated rings. The van der Waals surface area contributed by atoms with Crippen molar-refractivity contribution in [1.82, 2.24) is 14.3 Å². The summed E-state index contributed by atoms with van der Waals surface area (Å²) >= 11 is 4.28. The van der Waals surface area contributed by atoms with Crippen molar-refractivity contribution in [2.24, 2.45) is 0 Å². The van der Waals surface area contributed by atoms with Crippen LogP contribution in [-0.2, 0) is 0 Å². The molecule has 2 rings (SSSR count). The van der Waals surface area contributed by atoms with Gasteiger partial charge in [-0.2, -0.15) is 0 Å². The number of thiol groups is 1. The molecule has 0 bridgehead atoms. The summed E-state index contributed by atoms with van der Waals surface area (Å²) in [5.41, 5.74) is 0. The fourth-order valence-corrected chi connectivity index (χ4v) is 1.53. The standard InChI is InChI=1S/C8H12N4S/c13-12-6-4-11(5-7-12)8-9-2-1-3-10-8/h1-3,13H,4-7H2. The normalized spacial score (nSPS) is 19.0. The Balaban J connectivity index is 2.03. The molecule has 0 atom stereocenters. The molecule has 0 amide bonds. The maximum atomic E-state index is 4.28. The van der Waals surface area contributed by atoms with Crippen molar-refractivity contribution in [3.05, 3.63) is 18.5 Å². The lowest BCUT2D eigenvalue weighted by molar-refractivity contribution is 0.431. The lowest BCUT2D eigenvalue weighted by Crippen LogP contribution is -2.43. The third-order valence-electron chi connectivity index (χ3n) is 2.09. The smallest absolute Gasteiger partial charge is 0.225 e. The van der Waals surface area contributed by atoms with E-state index in [-0.39, 0.29) is 0 Å². The molecule has 5 heteroatoms. The zero-order chi connectivity index (χ0) is 9.10. The Kier molecular flexibility index (Phi) is 2.65. The highest BCUT2D eigenvalue weighted by atomic mass is 32.1. The van der Waals surface area contributed by atoms with Gasteiger partial charge in [-0.05, 0) is 6.07 Å². The molecule has 0 unspecified atom stereocenters. The van der Waals surface area contributed by atoms with Crippen molar-refractivity contribution in [3.63, 3.8) is 0 Å². The van der Waals surface area contributed by atoms with Crippen LogP contribution >= 0.6 is 12.8 Å². The van der Waals surface area contributed by atoms with Gasteiger partial charge < -0.3 is 4.90 Å². The van der Waals surface area contributed by atoms with Gasteiger partial charge in [-0.25, -0.2) is 14.3 Å². The summed E-state index contributed by atoms with van der Waals surface area (Å²) < 4.78 is 2.01. The maximum Gasteiger partial charge on any atom is 0.225 e. The maximum absolute atomic E-state index is 4.28. The molecule has 70 valence electrons. The molecule has 0 radical (unpaired) electrons. The summed E-state index contributed by atoms with van der Waals surface area (Å²) in [4.78, 5) is 10.6. The molecule has 1 aromatic heterocycles. The predicted octanol–water partition coefficient (Wildman–Crippen LogP) is 0.443. The first-order chi connectivity index (χ1) is 6.36. The zero-order valence-corrected chi connectivity index (χ0v) is 8.19. The molecule has 0 aliphatic carbocycles. The van der Waals surface area contributed by atoms with Crippen molar-refractivity contribution in [1.29, 1.82) is 0 Å². The Labute approximate surface area is 83.1 Å². The molecule has 0 saturated carbocycles. The number of anilines is 1. The molecule has 2 heterocycles. The monoisotopic (exact) mass is 196 g/mol. The Hall–Kier alpha value is -0.810. The Morgan fingerprint density at radius 2 is 1.69 bits per heavy atom. The lowest BCUT2D eigenvalue weighted by atomic mass is 10.4. The molecular weight excluding hydrogens is 184 g/mol. The quantitative estimate of drug-likeness (QED) is 0.661. The number of rotatable bonds is 1. The minimum absolute atomic E-state index is 0.823. The predicted molar refractivity (Wildman–Crippen MR) is 54.8 cm³/mol. The fraction of sp³-hybridized carbons (Fsp3) is 0.500. The first kappa shape index (κ1) is 8.77. The minimum Gasteiger partial charge on any atom is -0.338 e. The van der Waals surface area contributed by atoms with Crippen LogP contribution < -0.4 is 4.90 Å². The summed E-state index contributed by atoms with van der Waals surface area (Å²) in [5, 5.41) is 0. The van der Waals surface area contributed by atoms with Crippen LogP contribution in [0, 0.1) is 0 Å².